The van der Waals surface area contributed by atoms with Gasteiger partial charge >= 0.3 is 0 Å². The summed E-state index contributed by atoms with van der Waals surface area (Å²) in [6, 6.07) is 1.75. The van der Waals surface area contributed by atoms with Crippen molar-refractivity contribution in [1.29, 1.82) is 0 Å². The zero-order chi connectivity index (χ0) is 13.8. The highest BCUT2D eigenvalue weighted by atomic mass is 79.9. The van der Waals surface area contributed by atoms with Crippen LogP contribution in [0, 0.1) is 5.92 Å². The van der Waals surface area contributed by atoms with E-state index < -0.39 is 0 Å². The number of hydrogen-bond acceptors (Lipinski definition) is 4. The van der Waals surface area contributed by atoms with Gasteiger partial charge in [-0.15, -0.1) is 0 Å². The molecule has 1 aromatic heterocycles. The van der Waals surface area contributed by atoms with Gasteiger partial charge in [0.2, 0.25) is 0 Å². The molecule has 3 N–H and O–H groups in total. The summed E-state index contributed by atoms with van der Waals surface area (Å²) in [4.78, 5) is 18.0. The maximum absolute atomic E-state index is 12.3. The Balaban J connectivity index is 2.00. The summed E-state index contributed by atoms with van der Waals surface area (Å²) in [5.74, 6) is 0.262. The van der Waals surface area contributed by atoms with Crippen LogP contribution in [0.3, 0.4) is 0 Å². The molecule has 1 amide bonds. The Morgan fingerprint density at radius 2 is 2.16 bits per heavy atom. The monoisotopic (exact) mass is 326 g/mol. The summed E-state index contributed by atoms with van der Waals surface area (Å²) >= 11 is 3.30. The SMILES string of the molecule is NC(=NO)C1CCN(C(=O)c2cncc(Br)c2)CC1. The highest BCUT2D eigenvalue weighted by molar-refractivity contribution is 9.10. The number of nitrogens with zero attached hydrogens (tertiary/aromatic N) is 3. The topological polar surface area (TPSA) is 91.8 Å². The number of likely N-dealkylation sites (tertiary alicyclic amines) is 1. The predicted molar refractivity (Wildman–Crippen MR) is 74.0 cm³/mol. The number of rotatable bonds is 2. The Morgan fingerprint density at radius 3 is 2.74 bits per heavy atom. The van der Waals surface area contributed by atoms with Crippen molar-refractivity contribution in [3.63, 3.8) is 0 Å². The molecule has 1 fully saturated rings. The third-order valence-corrected chi connectivity index (χ3v) is 3.70. The first-order valence-electron chi connectivity index (χ1n) is 5.99. The van der Waals surface area contributed by atoms with Crippen LogP contribution in [0.1, 0.15) is 23.2 Å². The van der Waals surface area contributed by atoms with Crippen molar-refractivity contribution in [2.45, 2.75) is 12.8 Å². The average Bonchev–Trinajstić information content (AvgIpc) is 2.46. The molecular weight excluding hydrogens is 312 g/mol. The van der Waals surface area contributed by atoms with Gasteiger partial charge in [-0.3, -0.25) is 9.78 Å². The largest absolute Gasteiger partial charge is 0.409 e. The molecule has 1 aliphatic heterocycles. The molecule has 0 bridgehead atoms. The number of nitrogens with two attached hydrogens (primary N) is 1. The highest BCUT2D eigenvalue weighted by Gasteiger charge is 2.26. The van der Waals surface area contributed by atoms with Gasteiger partial charge in [-0.2, -0.15) is 0 Å². The molecule has 0 spiro atoms. The summed E-state index contributed by atoms with van der Waals surface area (Å²) in [7, 11) is 0. The first-order chi connectivity index (χ1) is 9.11. The van der Waals surface area contributed by atoms with Crippen molar-refractivity contribution >= 4 is 27.7 Å². The summed E-state index contributed by atoms with van der Waals surface area (Å²) in [6.45, 7) is 1.21. The molecule has 0 aliphatic carbocycles. The number of hydrogen-bond donors (Lipinski definition) is 2. The van der Waals surface area contributed by atoms with Crippen molar-refractivity contribution in [1.82, 2.24) is 9.88 Å². The second-order valence-electron chi connectivity index (χ2n) is 4.48. The summed E-state index contributed by atoms with van der Waals surface area (Å²) in [6.07, 6.45) is 4.62. The lowest BCUT2D eigenvalue weighted by molar-refractivity contribution is 0.0708. The van der Waals surface area contributed by atoms with Gasteiger partial charge in [-0.1, -0.05) is 5.16 Å². The predicted octanol–water partition coefficient (Wildman–Crippen LogP) is 1.44. The van der Waals surface area contributed by atoms with Crippen LogP contribution < -0.4 is 5.73 Å². The van der Waals surface area contributed by atoms with Crippen molar-refractivity contribution < 1.29 is 10.0 Å². The van der Waals surface area contributed by atoms with Gasteiger partial charge in [0, 0.05) is 35.9 Å². The molecular formula is C12H15BrN4O2. The van der Waals surface area contributed by atoms with E-state index in [1.165, 1.54) is 0 Å². The van der Waals surface area contributed by atoms with E-state index in [2.05, 4.69) is 26.1 Å². The maximum atomic E-state index is 12.3. The minimum absolute atomic E-state index is 0.0354. The minimum Gasteiger partial charge on any atom is -0.409 e. The Hall–Kier alpha value is -1.63. The lowest BCUT2D eigenvalue weighted by atomic mass is 9.95. The molecule has 0 unspecified atom stereocenters. The van der Waals surface area contributed by atoms with Gasteiger partial charge in [0.1, 0.15) is 5.84 Å². The van der Waals surface area contributed by atoms with Crippen LogP contribution in [-0.2, 0) is 0 Å². The van der Waals surface area contributed by atoms with Crippen LogP contribution in [-0.4, -0.2) is 39.9 Å². The molecule has 0 saturated carbocycles. The van der Waals surface area contributed by atoms with Crippen LogP contribution in [0.5, 0.6) is 0 Å². The third kappa shape index (κ3) is 3.23. The van der Waals surface area contributed by atoms with Gasteiger partial charge in [-0.05, 0) is 34.8 Å². The number of amides is 1. The number of oxime groups is 1. The Kier molecular flexibility index (Phi) is 4.36. The zero-order valence-electron chi connectivity index (χ0n) is 10.3. The van der Waals surface area contributed by atoms with Crippen LogP contribution in [0.15, 0.2) is 28.1 Å². The molecule has 1 saturated heterocycles. The number of pyridine rings is 1. The van der Waals surface area contributed by atoms with E-state index in [-0.39, 0.29) is 17.7 Å². The number of carbonyl (C=O) groups excluding carboxylic acids is 1. The van der Waals surface area contributed by atoms with Crippen molar-refractivity contribution in [2.24, 2.45) is 16.8 Å². The van der Waals surface area contributed by atoms with E-state index in [0.717, 1.165) is 4.47 Å². The fourth-order valence-electron chi connectivity index (χ4n) is 2.17. The second kappa shape index (κ2) is 6.01. The average molecular weight is 327 g/mol. The number of aromatic nitrogens is 1. The smallest absolute Gasteiger partial charge is 0.255 e. The van der Waals surface area contributed by atoms with Gasteiger partial charge in [0.05, 0.1) is 5.56 Å². The maximum Gasteiger partial charge on any atom is 0.255 e. The number of amidine groups is 1. The zero-order valence-corrected chi connectivity index (χ0v) is 11.9. The first-order valence-corrected chi connectivity index (χ1v) is 6.78. The molecule has 6 nitrogen and oxygen atoms in total. The normalized spacial score (nSPS) is 17.5. The van der Waals surface area contributed by atoms with Crippen LogP contribution in [0.2, 0.25) is 0 Å². The van der Waals surface area contributed by atoms with Gasteiger partial charge < -0.3 is 15.8 Å². The molecule has 102 valence electrons. The molecule has 2 rings (SSSR count). The van der Waals surface area contributed by atoms with E-state index in [4.69, 9.17) is 10.9 Å². The first kappa shape index (κ1) is 13.8. The molecule has 0 atom stereocenters. The van der Waals surface area contributed by atoms with E-state index in [0.29, 0.717) is 31.5 Å². The molecule has 19 heavy (non-hydrogen) atoms. The van der Waals surface area contributed by atoms with Gasteiger partial charge in [0.25, 0.3) is 5.91 Å². The second-order valence-corrected chi connectivity index (χ2v) is 5.40. The van der Waals surface area contributed by atoms with E-state index in [1.54, 1.807) is 23.4 Å². The van der Waals surface area contributed by atoms with Gasteiger partial charge in [-0.25, -0.2) is 0 Å². The highest BCUT2D eigenvalue weighted by Crippen LogP contribution is 2.20. The molecule has 1 aromatic rings. The van der Waals surface area contributed by atoms with Crippen LogP contribution in [0.4, 0.5) is 0 Å². The Bertz CT molecular complexity index is 498. The van der Waals surface area contributed by atoms with E-state index >= 15 is 0 Å². The summed E-state index contributed by atoms with van der Waals surface area (Å²) < 4.78 is 0.782. The van der Waals surface area contributed by atoms with Crippen molar-refractivity contribution in [3.05, 3.63) is 28.5 Å². The number of carbonyl (C=O) groups is 1. The molecule has 1 aliphatic rings. The Morgan fingerprint density at radius 1 is 1.47 bits per heavy atom. The molecule has 2 heterocycles. The fourth-order valence-corrected chi connectivity index (χ4v) is 2.54. The van der Waals surface area contributed by atoms with Crippen molar-refractivity contribution in [3.8, 4) is 0 Å². The van der Waals surface area contributed by atoms with E-state index in [1.807, 2.05) is 0 Å². The summed E-state index contributed by atoms with van der Waals surface area (Å²) in [5.41, 5.74) is 6.15. The van der Waals surface area contributed by atoms with E-state index in [9.17, 15) is 4.79 Å². The fraction of sp³-hybridized carbons (Fsp3) is 0.417. The quantitative estimate of drug-likeness (QED) is 0.372. The van der Waals surface area contributed by atoms with Crippen molar-refractivity contribution in [2.75, 3.05) is 13.1 Å². The van der Waals surface area contributed by atoms with Crippen LogP contribution in [0.25, 0.3) is 0 Å². The van der Waals surface area contributed by atoms with Crippen LogP contribution >= 0.6 is 15.9 Å². The lowest BCUT2D eigenvalue weighted by Gasteiger charge is -2.31. The standard InChI is InChI=1S/C12H15BrN4O2/c13-10-5-9(6-15-7-10)12(18)17-3-1-8(2-4-17)11(14)16-19/h5-8,19H,1-4H2,(H2,14,16). The summed E-state index contributed by atoms with van der Waals surface area (Å²) in [5, 5.41) is 11.7. The van der Waals surface area contributed by atoms with Gasteiger partial charge in [0.15, 0.2) is 0 Å². The molecule has 7 heteroatoms. The Labute approximate surface area is 119 Å². The lowest BCUT2D eigenvalue weighted by Crippen LogP contribution is -2.41. The number of piperidine rings is 1. The molecule has 0 aromatic carbocycles. The minimum atomic E-state index is -0.0354. The molecule has 0 radical (unpaired) electrons. The third-order valence-electron chi connectivity index (χ3n) is 3.27. The number of halogens is 1.